The summed E-state index contributed by atoms with van der Waals surface area (Å²) in [5, 5.41) is 16.5. The first-order valence-electron chi connectivity index (χ1n) is 10.1. The Morgan fingerprint density at radius 2 is 2.00 bits per heavy atom. The second kappa shape index (κ2) is 8.13. The lowest BCUT2D eigenvalue weighted by molar-refractivity contribution is -0.258. The zero-order chi connectivity index (χ0) is 24.8. The van der Waals surface area contributed by atoms with Crippen LogP contribution in [0.4, 0.5) is 19.0 Å². The van der Waals surface area contributed by atoms with Crippen molar-refractivity contribution in [2.75, 3.05) is 5.73 Å². The summed E-state index contributed by atoms with van der Waals surface area (Å²) in [6.07, 6.45) is -2.07. The number of nitrogens with two attached hydrogens (primary N) is 1. The molecule has 0 fully saturated rings. The van der Waals surface area contributed by atoms with E-state index in [2.05, 4.69) is 20.4 Å². The third-order valence-corrected chi connectivity index (χ3v) is 5.48. The highest BCUT2D eigenvalue weighted by atomic mass is 19.4. The van der Waals surface area contributed by atoms with E-state index in [-0.39, 0.29) is 29.3 Å². The zero-order valence-corrected chi connectivity index (χ0v) is 18.4. The molecule has 3 aromatic heterocycles. The largest absolute Gasteiger partial charge is 0.421 e. The Morgan fingerprint density at radius 3 is 2.65 bits per heavy atom. The molecule has 4 N–H and O–H groups in total. The van der Waals surface area contributed by atoms with Gasteiger partial charge in [-0.15, -0.1) is 0 Å². The van der Waals surface area contributed by atoms with Gasteiger partial charge in [-0.1, -0.05) is 17.3 Å². The Kier molecular flexibility index (Phi) is 5.56. The van der Waals surface area contributed by atoms with Crippen LogP contribution in [0, 0.1) is 13.8 Å². The number of alkyl halides is 3. The first-order valence-corrected chi connectivity index (χ1v) is 10.1. The van der Waals surface area contributed by atoms with Gasteiger partial charge in [0.05, 0.1) is 24.1 Å². The molecular weight excluding hydrogens is 453 g/mol. The third-order valence-electron chi connectivity index (χ3n) is 5.48. The number of carbonyl (C=O) groups is 1. The van der Waals surface area contributed by atoms with Crippen LogP contribution in [0.5, 0.6) is 0 Å². The number of amides is 1. The fourth-order valence-electron chi connectivity index (χ4n) is 3.44. The number of aryl methyl sites for hydroxylation is 2. The molecule has 0 saturated heterocycles. The van der Waals surface area contributed by atoms with Crippen LogP contribution < -0.4 is 11.1 Å². The average Bonchev–Trinajstić information content (AvgIpc) is 3.37. The third kappa shape index (κ3) is 4.07. The van der Waals surface area contributed by atoms with Gasteiger partial charge in [-0.2, -0.15) is 13.2 Å². The summed E-state index contributed by atoms with van der Waals surface area (Å²) < 4.78 is 46.7. The van der Waals surface area contributed by atoms with Gasteiger partial charge in [-0.05, 0) is 38.0 Å². The predicted molar refractivity (Wildman–Crippen MR) is 116 cm³/mol. The molecule has 4 aromatic rings. The maximum atomic E-state index is 13.4. The molecule has 12 heteroatoms. The maximum absolute atomic E-state index is 13.4. The molecular formula is C22H21F3N6O3. The Morgan fingerprint density at radius 1 is 1.26 bits per heavy atom. The molecule has 0 spiro atoms. The minimum absolute atomic E-state index is 0.0309. The number of halogens is 3. The highest BCUT2D eigenvalue weighted by molar-refractivity contribution is 5.93. The Hall–Kier alpha value is -3.93. The van der Waals surface area contributed by atoms with Crippen molar-refractivity contribution >= 4 is 17.4 Å². The standard InChI is InChI=1S/C22H21F3N6O3/c1-11-4-5-13(21(3,33)22(23,24)25)7-15(11)17-9-27-19-18(26)29-16(10-31(17)19)20(32)28-8-14-6-12(2)30-34-14/h4-7,9-10,33H,8H2,1-3H3,(H2,26,29)(H,28,32). The van der Waals surface area contributed by atoms with Gasteiger partial charge in [-0.3, -0.25) is 9.20 Å². The number of carbonyl (C=O) groups excluding carboxylic acids is 1. The summed E-state index contributed by atoms with van der Waals surface area (Å²) in [5.41, 5.74) is 4.85. The molecule has 0 aliphatic heterocycles. The van der Waals surface area contributed by atoms with Crippen LogP contribution >= 0.6 is 0 Å². The SMILES string of the molecule is Cc1cc(CNC(=O)c2cn3c(-c4cc(C(C)(O)C(F)(F)F)ccc4C)cnc3c(N)n2)on1. The number of fused-ring (bicyclic) bond motifs is 1. The highest BCUT2D eigenvalue weighted by Gasteiger charge is 2.51. The second-order valence-corrected chi connectivity index (χ2v) is 8.07. The average molecular weight is 474 g/mol. The van der Waals surface area contributed by atoms with E-state index in [4.69, 9.17) is 10.3 Å². The summed E-state index contributed by atoms with van der Waals surface area (Å²) >= 11 is 0. The fourth-order valence-corrected chi connectivity index (χ4v) is 3.44. The van der Waals surface area contributed by atoms with Gasteiger partial charge in [-0.25, -0.2) is 9.97 Å². The van der Waals surface area contributed by atoms with Gasteiger partial charge in [0.1, 0.15) is 5.69 Å². The van der Waals surface area contributed by atoms with Crippen molar-refractivity contribution in [3.63, 3.8) is 0 Å². The number of aromatic nitrogens is 4. The monoisotopic (exact) mass is 474 g/mol. The van der Waals surface area contributed by atoms with Crippen LogP contribution in [-0.2, 0) is 12.1 Å². The molecule has 1 amide bonds. The van der Waals surface area contributed by atoms with E-state index in [0.29, 0.717) is 35.2 Å². The van der Waals surface area contributed by atoms with Crippen LogP contribution in [0.15, 0.2) is 41.2 Å². The van der Waals surface area contributed by atoms with Crippen molar-refractivity contribution in [1.82, 2.24) is 24.8 Å². The van der Waals surface area contributed by atoms with Crippen molar-refractivity contribution in [3.8, 4) is 11.3 Å². The minimum Gasteiger partial charge on any atom is -0.381 e. The molecule has 0 bridgehead atoms. The van der Waals surface area contributed by atoms with Crippen molar-refractivity contribution < 1.29 is 27.6 Å². The van der Waals surface area contributed by atoms with Crippen molar-refractivity contribution in [2.45, 2.75) is 39.1 Å². The van der Waals surface area contributed by atoms with Gasteiger partial charge < -0.3 is 20.7 Å². The van der Waals surface area contributed by atoms with Gasteiger partial charge >= 0.3 is 6.18 Å². The fraction of sp³-hybridized carbons (Fsp3) is 0.273. The molecule has 1 unspecified atom stereocenters. The van der Waals surface area contributed by atoms with E-state index in [0.717, 1.165) is 0 Å². The topological polar surface area (TPSA) is 132 Å². The van der Waals surface area contributed by atoms with Crippen LogP contribution in [0.1, 0.15) is 40.0 Å². The molecule has 4 rings (SSSR count). The van der Waals surface area contributed by atoms with Crippen molar-refractivity contribution in [2.24, 2.45) is 0 Å². The first kappa shape index (κ1) is 23.2. The predicted octanol–water partition coefficient (Wildman–Crippen LogP) is 3.28. The number of benzene rings is 1. The molecule has 0 aliphatic carbocycles. The van der Waals surface area contributed by atoms with Gasteiger partial charge in [0.15, 0.2) is 22.8 Å². The van der Waals surface area contributed by atoms with Gasteiger partial charge in [0.2, 0.25) is 0 Å². The summed E-state index contributed by atoms with van der Waals surface area (Å²) in [6, 6.07) is 5.61. The number of rotatable bonds is 5. The normalized spacial score (nSPS) is 13.7. The minimum atomic E-state index is -4.87. The zero-order valence-electron chi connectivity index (χ0n) is 18.4. The number of hydrogen-bond donors (Lipinski definition) is 3. The smallest absolute Gasteiger partial charge is 0.381 e. The Labute approximate surface area is 191 Å². The van der Waals surface area contributed by atoms with E-state index < -0.39 is 17.7 Å². The summed E-state index contributed by atoms with van der Waals surface area (Å²) in [7, 11) is 0. The van der Waals surface area contributed by atoms with E-state index >= 15 is 0 Å². The van der Waals surface area contributed by atoms with E-state index in [1.807, 2.05) is 0 Å². The van der Waals surface area contributed by atoms with Gasteiger partial charge in [0.25, 0.3) is 5.91 Å². The van der Waals surface area contributed by atoms with Crippen LogP contribution in [0.25, 0.3) is 16.9 Å². The molecule has 3 heterocycles. The molecule has 0 radical (unpaired) electrons. The molecule has 178 valence electrons. The summed E-state index contributed by atoms with van der Waals surface area (Å²) in [4.78, 5) is 21.0. The van der Waals surface area contributed by atoms with E-state index in [1.165, 1.54) is 35.0 Å². The lowest BCUT2D eigenvalue weighted by atomic mass is 9.91. The molecule has 1 atom stereocenters. The van der Waals surface area contributed by atoms with Crippen LogP contribution in [0.2, 0.25) is 0 Å². The van der Waals surface area contributed by atoms with E-state index in [1.54, 1.807) is 19.9 Å². The quantitative estimate of drug-likeness (QED) is 0.404. The summed E-state index contributed by atoms with van der Waals surface area (Å²) in [5.74, 6) is -0.134. The van der Waals surface area contributed by atoms with Gasteiger partial charge in [0, 0.05) is 17.8 Å². The first-order chi connectivity index (χ1) is 15.9. The molecule has 34 heavy (non-hydrogen) atoms. The molecule has 0 saturated carbocycles. The second-order valence-electron chi connectivity index (χ2n) is 8.07. The number of nitrogen functional groups attached to an aromatic ring is 1. The number of hydrogen-bond acceptors (Lipinski definition) is 7. The highest BCUT2D eigenvalue weighted by Crippen LogP contribution is 2.40. The Bertz CT molecular complexity index is 1390. The number of imidazole rings is 1. The number of nitrogens with one attached hydrogen (secondary N) is 1. The van der Waals surface area contributed by atoms with Crippen LogP contribution in [-0.4, -0.2) is 36.7 Å². The van der Waals surface area contributed by atoms with Crippen molar-refractivity contribution in [3.05, 3.63) is 64.9 Å². The molecule has 0 aliphatic rings. The van der Waals surface area contributed by atoms with Crippen LogP contribution in [0.3, 0.4) is 0 Å². The molecule has 1 aromatic carbocycles. The lowest BCUT2D eigenvalue weighted by Gasteiger charge is -2.27. The Balaban J connectivity index is 1.74. The van der Waals surface area contributed by atoms with E-state index in [9.17, 15) is 23.1 Å². The number of aliphatic hydroxyl groups is 1. The van der Waals surface area contributed by atoms with Crippen molar-refractivity contribution in [1.29, 1.82) is 0 Å². The molecule has 9 nitrogen and oxygen atoms in total. The lowest BCUT2D eigenvalue weighted by Crippen LogP contribution is -2.39. The number of nitrogens with zero attached hydrogens (tertiary/aromatic N) is 4. The maximum Gasteiger partial charge on any atom is 0.421 e. The number of anilines is 1. The summed E-state index contributed by atoms with van der Waals surface area (Å²) in [6.45, 7) is 4.22.